The van der Waals surface area contributed by atoms with Crippen molar-refractivity contribution in [3.05, 3.63) is 126 Å². The maximum atomic E-state index is 14.3. The highest BCUT2D eigenvalue weighted by Crippen LogP contribution is 2.46. The molecule has 59 heavy (non-hydrogen) atoms. The molecule has 0 saturated heterocycles. The Hall–Kier alpha value is -6.33. The van der Waals surface area contributed by atoms with Gasteiger partial charge in [0.05, 0.1) is 5.69 Å². The van der Waals surface area contributed by atoms with Crippen molar-refractivity contribution in [3.8, 4) is 5.75 Å². The molecule has 0 unspecified atom stereocenters. The zero-order chi connectivity index (χ0) is 41.4. The first-order chi connectivity index (χ1) is 28.3. The predicted molar refractivity (Wildman–Crippen MR) is 232 cm³/mol. The molecule has 1 aliphatic heterocycles. The molecule has 0 spiro atoms. The maximum Gasteiger partial charge on any atom is 0.417 e. The van der Waals surface area contributed by atoms with Gasteiger partial charge in [-0.1, -0.05) is 36.4 Å². The van der Waals surface area contributed by atoms with E-state index in [4.69, 9.17) is 16.3 Å². The number of ether oxygens (including phenoxy) is 1. The quantitative estimate of drug-likeness (QED) is 0.0383. The van der Waals surface area contributed by atoms with Crippen LogP contribution in [0.3, 0.4) is 0 Å². The molecule has 300 valence electrons. The van der Waals surface area contributed by atoms with E-state index >= 15 is 0 Å². The van der Waals surface area contributed by atoms with Gasteiger partial charge in [0.25, 0.3) is 21.9 Å². The van der Waals surface area contributed by atoms with Gasteiger partial charge in [0.1, 0.15) is 22.9 Å². The number of hydrogen-bond donors (Lipinski definition) is 7. The molecule has 6 N–H and O–H groups in total. The van der Waals surface area contributed by atoms with E-state index in [1.165, 1.54) is 18.2 Å². The Morgan fingerprint density at radius 2 is 1.46 bits per heavy atom. The number of benzene rings is 5. The summed E-state index contributed by atoms with van der Waals surface area (Å²) in [6.45, 7) is 0.266. The van der Waals surface area contributed by atoms with Gasteiger partial charge in [0.2, 0.25) is 5.91 Å². The van der Waals surface area contributed by atoms with Gasteiger partial charge in [-0.05, 0) is 82.9 Å². The molecule has 3 heterocycles. The second kappa shape index (κ2) is 16.1. The maximum absolute atomic E-state index is 14.3. The molecular formula is C42H35ClN6O8S2. The van der Waals surface area contributed by atoms with E-state index in [2.05, 4.69) is 38.5 Å². The number of amides is 4. The minimum atomic E-state index is -4.29. The summed E-state index contributed by atoms with van der Waals surface area (Å²) in [6.07, 6.45) is -0.572. The van der Waals surface area contributed by atoms with E-state index in [-0.39, 0.29) is 65.2 Å². The van der Waals surface area contributed by atoms with E-state index in [0.717, 1.165) is 21.9 Å². The zero-order valence-electron chi connectivity index (χ0n) is 30.9. The third-order valence-corrected chi connectivity index (χ3v) is 11.2. The van der Waals surface area contributed by atoms with Crippen LogP contribution in [0.25, 0.3) is 32.6 Å². The van der Waals surface area contributed by atoms with Gasteiger partial charge in [-0.15, -0.1) is 11.6 Å². The molecule has 7 aromatic rings. The van der Waals surface area contributed by atoms with Crippen LogP contribution in [-0.4, -0.2) is 64.9 Å². The summed E-state index contributed by atoms with van der Waals surface area (Å²) in [5, 5.41) is 11.1. The van der Waals surface area contributed by atoms with E-state index in [1.807, 2.05) is 12.1 Å². The molecular weight excluding hydrogens is 816 g/mol. The van der Waals surface area contributed by atoms with Gasteiger partial charge in [0.15, 0.2) is 0 Å². The second-order valence-electron chi connectivity index (χ2n) is 14.0. The minimum absolute atomic E-state index is 0.151. The molecule has 17 heteroatoms. The van der Waals surface area contributed by atoms with Crippen molar-refractivity contribution >= 4 is 113 Å². The number of nitrogens with one attached hydrogen (secondary N) is 5. The number of carbonyl (C=O) groups excluding carboxylic acids is 4. The highest BCUT2D eigenvalue weighted by atomic mass is 35.5. The molecule has 0 saturated carbocycles. The van der Waals surface area contributed by atoms with Crippen molar-refractivity contribution in [2.75, 3.05) is 39.0 Å². The third kappa shape index (κ3) is 8.47. The first-order valence-electron chi connectivity index (χ1n) is 18.3. The predicted octanol–water partition coefficient (Wildman–Crippen LogP) is 8.29. The number of H-pyrrole nitrogens is 2. The number of rotatable bonds is 11. The largest absolute Gasteiger partial charge is 0.417 e. The van der Waals surface area contributed by atoms with Crippen LogP contribution in [0.15, 0.2) is 103 Å². The Bertz CT molecular complexity index is 2950. The number of halogens is 1. The number of fused-ring (bicyclic) bond motifs is 5. The van der Waals surface area contributed by atoms with Gasteiger partial charge in [-0.25, -0.2) is 4.79 Å². The van der Waals surface area contributed by atoms with E-state index in [0.29, 0.717) is 44.8 Å². The Balaban J connectivity index is 1.02. The summed E-state index contributed by atoms with van der Waals surface area (Å²) < 4.78 is 37.8. The lowest BCUT2D eigenvalue weighted by Gasteiger charge is -2.19. The molecule has 0 aliphatic carbocycles. The fourth-order valence-electron chi connectivity index (χ4n) is 7.34. The van der Waals surface area contributed by atoms with Crippen LogP contribution in [0, 0.1) is 0 Å². The SMILES string of the molecule is O=C(CCS)Nc1ccc2[nH]c(C(=O)Nc3ccc4[nH]c(C(=O)N5C[C@@H](CCl)c6c5cc(OC(=O)Nc5cccc(CS(=O)(=O)O)c5)c5ccccc65)cc4c3)cc2c1. The molecule has 8 rings (SSSR count). The van der Waals surface area contributed by atoms with Crippen LogP contribution in [0.5, 0.6) is 5.75 Å². The lowest BCUT2D eigenvalue weighted by atomic mass is 9.95. The molecule has 1 atom stereocenters. The molecule has 0 fully saturated rings. The lowest BCUT2D eigenvalue weighted by molar-refractivity contribution is -0.115. The average molecular weight is 851 g/mol. The van der Waals surface area contributed by atoms with Gasteiger partial charge in [0, 0.05) is 75.1 Å². The Kier molecular flexibility index (Phi) is 10.8. The van der Waals surface area contributed by atoms with Crippen LogP contribution >= 0.6 is 24.2 Å². The topological polar surface area (TPSA) is 203 Å². The number of nitrogens with zero attached hydrogens (tertiary/aromatic N) is 1. The second-order valence-corrected chi connectivity index (χ2v) is 16.2. The van der Waals surface area contributed by atoms with Crippen molar-refractivity contribution in [2.45, 2.75) is 18.1 Å². The number of carbonyl (C=O) groups is 4. The zero-order valence-corrected chi connectivity index (χ0v) is 33.4. The molecule has 5 aromatic carbocycles. The normalized spacial score (nSPS) is 13.7. The van der Waals surface area contributed by atoms with Crippen molar-refractivity contribution in [1.29, 1.82) is 0 Å². The summed E-state index contributed by atoms with van der Waals surface area (Å²) >= 11 is 10.6. The molecule has 0 bridgehead atoms. The van der Waals surface area contributed by atoms with Crippen molar-refractivity contribution in [2.24, 2.45) is 0 Å². The summed E-state index contributed by atoms with van der Waals surface area (Å²) in [5.41, 5.74) is 4.99. The standard InChI is InChI=1S/C42H35ClN6O8S2/c43-20-26-21-49(36-19-37(30-6-1-2-7-31(30)39(26)36)57-42(53)46-27-5-3-4-23(14-27)22-59(54,55)56)41(52)35-18-25-16-29(9-11-33(25)48-35)45-40(51)34-17-24-15-28(8-10-32(24)47-34)44-38(50)12-13-58/h1-11,14-19,26,47-48,58H,12-13,20-22H2,(H,44,50)(H,45,51)(H,46,53)(H,54,55,56)/t26-/m1/s1. The van der Waals surface area contributed by atoms with E-state index in [1.54, 1.807) is 77.7 Å². The Morgan fingerprint density at radius 3 is 2.15 bits per heavy atom. The monoisotopic (exact) mass is 850 g/mol. The first kappa shape index (κ1) is 39.5. The lowest BCUT2D eigenvalue weighted by Crippen LogP contribution is -2.30. The number of hydrogen-bond acceptors (Lipinski definition) is 8. The Labute approximate surface area is 347 Å². The molecule has 1 aliphatic rings. The smallest absolute Gasteiger partial charge is 0.409 e. The van der Waals surface area contributed by atoms with Gasteiger partial charge in [-0.2, -0.15) is 21.0 Å². The van der Waals surface area contributed by atoms with E-state index in [9.17, 15) is 32.1 Å². The van der Waals surface area contributed by atoms with Gasteiger partial charge < -0.3 is 30.2 Å². The number of anilines is 4. The van der Waals surface area contributed by atoms with Crippen molar-refractivity contribution < 1.29 is 36.9 Å². The highest BCUT2D eigenvalue weighted by Gasteiger charge is 2.36. The van der Waals surface area contributed by atoms with Crippen molar-refractivity contribution in [1.82, 2.24) is 9.97 Å². The van der Waals surface area contributed by atoms with Crippen LogP contribution in [0.2, 0.25) is 0 Å². The molecule has 0 radical (unpaired) electrons. The van der Waals surface area contributed by atoms with Crippen LogP contribution in [0.1, 0.15) is 44.4 Å². The average Bonchev–Trinajstić information content (AvgIpc) is 3.92. The molecule has 2 aromatic heterocycles. The number of thiol groups is 1. The minimum Gasteiger partial charge on any atom is -0.409 e. The van der Waals surface area contributed by atoms with E-state index < -0.39 is 22.0 Å². The highest BCUT2D eigenvalue weighted by molar-refractivity contribution is 7.85. The summed E-state index contributed by atoms with van der Waals surface area (Å²) in [7, 11) is -4.29. The summed E-state index contributed by atoms with van der Waals surface area (Å²) in [6, 6.07) is 28.9. The number of alkyl halides is 1. The van der Waals surface area contributed by atoms with Crippen LogP contribution < -0.4 is 25.6 Å². The molecule has 4 amide bonds. The third-order valence-electron chi connectivity index (χ3n) is 9.88. The summed E-state index contributed by atoms with van der Waals surface area (Å²) in [4.78, 5) is 60.7. The van der Waals surface area contributed by atoms with Crippen LogP contribution in [0.4, 0.5) is 27.5 Å². The fourth-order valence-corrected chi connectivity index (χ4v) is 8.39. The molecule has 14 nitrogen and oxygen atoms in total. The first-order valence-corrected chi connectivity index (χ1v) is 21.1. The van der Waals surface area contributed by atoms with Gasteiger partial charge in [-0.3, -0.25) is 24.3 Å². The van der Waals surface area contributed by atoms with Crippen LogP contribution in [-0.2, 0) is 20.7 Å². The Morgan fingerprint density at radius 1 is 0.797 bits per heavy atom. The number of aromatic amines is 2. The van der Waals surface area contributed by atoms with Gasteiger partial charge >= 0.3 is 6.09 Å². The summed E-state index contributed by atoms with van der Waals surface area (Å²) in [5.74, 6) is -0.887. The number of aromatic nitrogens is 2. The van der Waals surface area contributed by atoms with Crippen molar-refractivity contribution in [3.63, 3.8) is 0 Å². The fraction of sp³-hybridized carbons (Fsp3) is 0.143.